The van der Waals surface area contributed by atoms with Crippen LogP contribution in [0, 0.1) is 0 Å². The van der Waals surface area contributed by atoms with Crippen molar-refractivity contribution in [3.63, 3.8) is 0 Å². The monoisotopic (exact) mass is 349 g/mol. The lowest BCUT2D eigenvalue weighted by atomic mass is 10.2. The number of rotatable bonds is 7. The zero-order valence-electron chi connectivity index (χ0n) is 14.5. The normalized spacial score (nSPS) is 20.2. The highest BCUT2D eigenvalue weighted by molar-refractivity contribution is 5.45. The van der Waals surface area contributed by atoms with E-state index in [1.54, 1.807) is 12.3 Å². The molecule has 25 heavy (non-hydrogen) atoms. The van der Waals surface area contributed by atoms with Gasteiger partial charge in [-0.2, -0.15) is 4.98 Å². The van der Waals surface area contributed by atoms with Gasteiger partial charge in [0.25, 0.3) is 0 Å². The molecule has 1 saturated heterocycles. The van der Waals surface area contributed by atoms with Crippen LogP contribution in [0.25, 0.3) is 0 Å². The standard InChI is InChI=1S/C17H24FN5O2/c1-22(2)17-20-6-5-16(21-17)23-10-12(18)7-13(23)8-19-9-14-3-4-15(11-24)25-14/h3-6,12-13,19,24H,7-11H2,1-2H3/t12-,13-/m0/s1. The molecule has 0 radical (unpaired) electrons. The van der Waals surface area contributed by atoms with Crippen molar-refractivity contribution in [2.45, 2.75) is 31.8 Å². The van der Waals surface area contributed by atoms with E-state index in [0.717, 1.165) is 11.6 Å². The zero-order chi connectivity index (χ0) is 17.8. The van der Waals surface area contributed by atoms with Gasteiger partial charge in [0.2, 0.25) is 5.95 Å². The molecule has 0 aromatic carbocycles. The smallest absolute Gasteiger partial charge is 0.226 e. The molecule has 2 aromatic rings. The maximum Gasteiger partial charge on any atom is 0.226 e. The quantitative estimate of drug-likeness (QED) is 0.781. The molecule has 0 bridgehead atoms. The summed E-state index contributed by atoms with van der Waals surface area (Å²) >= 11 is 0. The largest absolute Gasteiger partial charge is 0.462 e. The van der Waals surface area contributed by atoms with Gasteiger partial charge >= 0.3 is 0 Å². The molecule has 2 N–H and O–H groups in total. The van der Waals surface area contributed by atoms with Crippen LogP contribution in [0.2, 0.25) is 0 Å². The van der Waals surface area contributed by atoms with E-state index < -0.39 is 6.17 Å². The summed E-state index contributed by atoms with van der Waals surface area (Å²) in [4.78, 5) is 12.6. The predicted molar refractivity (Wildman–Crippen MR) is 93.3 cm³/mol. The Morgan fingerprint density at radius 3 is 2.88 bits per heavy atom. The summed E-state index contributed by atoms with van der Waals surface area (Å²) in [7, 11) is 3.76. The highest BCUT2D eigenvalue weighted by atomic mass is 19.1. The van der Waals surface area contributed by atoms with Gasteiger partial charge in [0.05, 0.1) is 13.1 Å². The van der Waals surface area contributed by atoms with Crippen molar-refractivity contribution in [2.75, 3.05) is 37.0 Å². The first-order valence-electron chi connectivity index (χ1n) is 8.37. The van der Waals surface area contributed by atoms with Crippen molar-refractivity contribution in [1.29, 1.82) is 0 Å². The van der Waals surface area contributed by atoms with Crippen LogP contribution < -0.4 is 15.1 Å². The summed E-state index contributed by atoms with van der Waals surface area (Å²) in [5.41, 5.74) is 0. The molecule has 3 heterocycles. The Bertz CT molecular complexity index is 693. The van der Waals surface area contributed by atoms with Crippen LogP contribution in [-0.4, -0.2) is 54.5 Å². The molecule has 1 fully saturated rings. The fraction of sp³-hybridized carbons (Fsp3) is 0.529. The molecule has 0 amide bonds. The second-order valence-electron chi connectivity index (χ2n) is 6.41. The number of furan rings is 1. The van der Waals surface area contributed by atoms with E-state index in [1.807, 2.05) is 36.0 Å². The molecule has 1 aliphatic rings. The molecule has 0 spiro atoms. The topological polar surface area (TPSA) is 77.7 Å². The summed E-state index contributed by atoms with van der Waals surface area (Å²) in [5.74, 6) is 2.65. The van der Waals surface area contributed by atoms with Gasteiger partial charge in [-0.05, 0) is 18.2 Å². The number of hydrogen-bond donors (Lipinski definition) is 2. The lowest BCUT2D eigenvalue weighted by molar-refractivity contribution is 0.242. The molecule has 2 aromatic heterocycles. The molecular weight excluding hydrogens is 325 g/mol. The second kappa shape index (κ2) is 7.79. The summed E-state index contributed by atoms with van der Waals surface area (Å²) in [6.07, 6.45) is 1.30. The highest BCUT2D eigenvalue weighted by Gasteiger charge is 2.33. The Balaban J connectivity index is 1.62. The minimum absolute atomic E-state index is 0.0205. The second-order valence-corrected chi connectivity index (χ2v) is 6.41. The van der Waals surface area contributed by atoms with E-state index in [4.69, 9.17) is 9.52 Å². The Hall–Kier alpha value is -2.19. The van der Waals surface area contributed by atoms with Crippen LogP contribution in [0.4, 0.5) is 16.2 Å². The van der Waals surface area contributed by atoms with Gasteiger partial charge in [0, 0.05) is 39.3 Å². The molecule has 0 unspecified atom stereocenters. The molecule has 0 aliphatic carbocycles. The zero-order valence-corrected chi connectivity index (χ0v) is 14.5. The summed E-state index contributed by atoms with van der Waals surface area (Å²) in [6.45, 7) is 1.39. The third kappa shape index (κ3) is 4.26. The van der Waals surface area contributed by atoms with Gasteiger partial charge in [0.15, 0.2) is 0 Å². The number of aromatic nitrogens is 2. The Kier molecular flexibility index (Phi) is 5.50. The SMILES string of the molecule is CN(C)c1nccc(N2C[C@@H](F)C[C@H]2CNCc2ccc(CO)o2)n1. The van der Waals surface area contributed by atoms with Crippen molar-refractivity contribution in [1.82, 2.24) is 15.3 Å². The number of hydrogen-bond acceptors (Lipinski definition) is 7. The third-order valence-electron chi connectivity index (χ3n) is 4.24. The first kappa shape index (κ1) is 17.6. The van der Waals surface area contributed by atoms with Crippen molar-refractivity contribution in [2.24, 2.45) is 0 Å². The Morgan fingerprint density at radius 1 is 1.36 bits per heavy atom. The number of aliphatic hydroxyl groups excluding tert-OH is 1. The number of halogens is 1. The highest BCUT2D eigenvalue weighted by Crippen LogP contribution is 2.26. The average Bonchev–Trinajstić information content (AvgIpc) is 3.21. The lowest BCUT2D eigenvalue weighted by Gasteiger charge is -2.26. The van der Waals surface area contributed by atoms with E-state index in [1.165, 1.54) is 0 Å². The maximum atomic E-state index is 14.0. The fourth-order valence-electron chi connectivity index (χ4n) is 3.01. The first-order chi connectivity index (χ1) is 12.1. The Labute approximate surface area is 146 Å². The minimum Gasteiger partial charge on any atom is -0.462 e. The maximum absolute atomic E-state index is 14.0. The molecule has 7 nitrogen and oxygen atoms in total. The van der Waals surface area contributed by atoms with Crippen LogP contribution >= 0.6 is 0 Å². The fourth-order valence-corrected chi connectivity index (χ4v) is 3.01. The van der Waals surface area contributed by atoms with E-state index >= 15 is 0 Å². The number of anilines is 2. The van der Waals surface area contributed by atoms with E-state index in [0.29, 0.717) is 37.8 Å². The molecular formula is C17H24FN5O2. The van der Waals surface area contributed by atoms with Crippen LogP contribution in [0.15, 0.2) is 28.8 Å². The molecule has 8 heteroatoms. The summed E-state index contributed by atoms with van der Waals surface area (Å²) < 4.78 is 19.4. The van der Waals surface area contributed by atoms with Crippen molar-refractivity contribution in [3.8, 4) is 0 Å². The van der Waals surface area contributed by atoms with E-state index in [9.17, 15) is 4.39 Å². The molecule has 136 valence electrons. The van der Waals surface area contributed by atoms with Gasteiger partial charge in [-0.1, -0.05) is 0 Å². The van der Waals surface area contributed by atoms with Crippen LogP contribution in [0.3, 0.4) is 0 Å². The number of aliphatic hydroxyl groups is 1. The predicted octanol–water partition coefficient (Wildman–Crippen LogP) is 1.33. The van der Waals surface area contributed by atoms with Gasteiger partial charge in [0.1, 0.15) is 30.1 Å². The average molecular weight is 349 g/mol. The summed E-state index contributed by atoms with van der Waals surface area (Å²) in [6, 6.07) is 5.42. The van der Waals surface area contributed by atoms with Crippen LogP contribution in [0.1, 0.15) is 17.9 Å². The van der Waals surface area contributed by atoms with E-state index in [-0.39, 0.29) is 12.6 Å². The van der Waals surface area contributed by atoms with Crippen LogP contribution in [-0.2, 0) is 13.2 Å². The van der Waals surface area contributed by atoms with E-state index in [2.05, 4.69) is 15.3 Å². The number of nitrogens with one attached hydrogen (secondary N) is 1. The van der Waals surface area contributed by atoms with Crippen molar-refractivity contribution in [3.05, 3.63) is 35.9 Å². The lowest BCUT2D eigenvalue weighted by Crippen LogP contribution is -2.38. The van der Waals surface area contributed by atoms with Gasteiger partial charge in [-0.25, -0.2) is 9.37 Å². The van der Waals surface area contributed by atoms with Gasteiger partial charge < -0.3 is 24.6 Å². The van der Waals surface area contributed by atoms with Gasteiger partial charge in [-0.15, -0.1) is 0 Å². The van der Waals surface area contributed by atoms with Crippen LogP contribution in [0.5, 0.6) is 0 Å². The van der Waals surface area contributed by atoms with Crippen molar-refractivity contribution >= 4 is 11.8 Å². The number of alkyl halides is 1. The van der Waals surface area contributed by atoms with Gasteiger partial charge in [-0.3, -0.25) is 0 Å². The molecule has 2 atom stereocenters. The molecule has 0 saturated carbocycles. The molecule has 1 aliphatic heterocycles. The first-order valence-corrected chi connectivity index (χ1v) is 8.37. The number of nitrogens with zero attached hydrogens (tertiary/aromatic N) is 4. The summed E-state index contributed by atoms with van der Waals surface area (Å²) in [5, 5.41) is 12.3. The molecule has 3 rings (SSSR count). The third-order valence-corrected chi connectivity index (χ3v) is 4.24. The minimum atomic E-state index is -0.867. The Morgan fingerprint density at radius 2 is 2.16 bits per heavy atom. The van der Waals surface area contributed by atoms with Crippen molar-refractivity contribution < 1.29 is 13.9 Å².